The molecule has 1 aliphatic carbocycles. The summed E-state index contributed by atoms with van der Waals surface area (Å²) in [4.78, 5) is 23.7. The average Bonchev–Trinajstić information content (AvgIpc) is 2.49. The predicted molar refractivity (Wildman–Crippen MR) is 70.6 cm³/mol. The normalized spacial score (nSPS) is 20.9. The smallest absolute Gasteiger partial charge is 0.377 e. The lowest BCUT2D eigenvalue weighted by Gasteiger charge is -2.24. The van der Waals surface area contributed by atoms with E-state index in [0.717, 1.165) is 25.7 Å². The van der Waals surface area contributed by atoms with Gasteiger partial charge in [-0.2, -0.15) is 0 Å². The van der Waals surface area contributed by atoms with Crippen LogP contribution in [0.3, 0.4) is 0 Å². The summed E-state index contributed by atoms with van der Waals surface area (Å²) >= 11 is 0. The lowest BCUT2D eigenvalue weighted by molar-refractivity contribution is -0.155. The molecule has 112 valence electrons. The largest absolute Gasteiger partial charge is 0.493 e. The van der Waals surface area contributed by atoms with E-state index in [4.69, 9.17) is 14.2 Å². The highest BCUT2D eigenvalue weighted by molar-refractivity contribution is 5.89. The first-order chi connectivity index (χ1) is 9.66. The van der Waals surface area contributed by atoms with E-state index in [2.05, 4.69) is 5.32 Å². The summed E-state index contributed by atoms with van der Waals surface area (Å²) in [6.45, 7) is 2.28. The van der Waals surface area contributed by atoms with Gasteiger partial charge in [-0.05, 0) is 19.8 Å². The van der Waals surface area contributed by atoms with E-state index >= 15 is 0 Å². The van der Waals surface area contributed by atoms with E-state index < -0.39 is 12.1 Å². The first-order valence-electron chi connectivity index (χ1n) is 7.13. The first kappa shape index (κ1) is 14.7. The summed E-state index contributed by atoms with van der Waals surface area (Å²) in [5, 5.41) is 2.92. The SMILES string of the molecule is CC(OC(=O)C1=COCCO1)C(=O)NC1CCCCC1. The second-order valence-corrected chi connectivity index (χ2v) is 5.09. The van der Waals surface area contributed by atoms with E-state index in [1.54, 1.807) is 6.92 Å². The predicted octanol–water partition coefficient (Wildman–Crippen LogP) is 1.26. The van der Waals surface area contributed by atoms with Crippen molar-refractivity contribution in [3.63, 3.8) is 0 Å². The van der Waals surface area contributed by atoms with Crippen molar-refractivity contribution in [1.29, 1.82) is 0 Å². The third kappa shape index (κ3) is 4.15. The van der Waals surface area contributed by atoms with Gasteiger partial charge < -0.3 is 19.5 Å². The van der Waals surface area contributed by atoms with Crippen molar-refractivity contribution in [2.75, 3.05) is 13.2 Å². The fourth-order valence-corrected chi connectivity index (χ4v) is 2.31. The van der Waals surface area contributed by atoms with E-state index in [1.165, 1.54) is 12.7 Å². The van der Waals surface area contributed by atoms with E-state index in [-0.39, 0.29) is 17.7 Å². The number of hydrogen-bond donors (Lipinski definition) is 1. The molecular formula is C14H21NO5. The molecule has 0 saturated heterocycles. The summed E-state index contributed by atoms with van der Waals surface area (Å²) in [5.74, 6) is -0.924. The van der Waals surface area contributed by atoms with Crippen LogP contribution in [0, 0.1) is 0 Å². The van der Waals surface area contributed by atoms with Gasteiger partial charge in [0.15, 0.2) is 6.10 Å². The maximum Gasteiger partial charge on any atom is 0.377 e. The zero-order valence-electron chi connectivity index (χ0n) is 11.7. The first-order valence-corrected chi connectivity index (χ1v) is 7.13. The minimum absolute atomic E-state index is 0.00793. The second kappa shape index (κ2) is 7.17. The van der Waals surface area contributed by atoms with E-state index in [0.29, 0.717) is 13.2 Å². The monoisotopic (exact) mass is 283 g/mol. The maximum atomic E-state index is 11.9. The highest BCUT2D eigenvalue weighted by Gasteiger charge is 2.25. The van der Waals surface area contributed by atoms with Gasteiger partial charge in [-0.3, -0.25) is 4.79 Å². The van der Waals surface area contributed by atoms with Gasteiger partial charge in [0.1, 0.15) is 19.5 Å². The molecule has 6 heteroatoms. The van der Waals surface area contributed by atoms with E-state index in [9.17, 15) is 9.59 Å². The third-order valence-electron chi connectivity index (χ3n) is 3.45. The van der Waals surface area contributed by atoms with Crippen LogP contribution in [0.5, 0.6) is 0 Å². The standard InChI is InChI=1S/C14H21NO5/c1-10(13(16)15-11-5-3-2-4-6-11)20-14(17)12-9-18-7-8-19-12/h9-11H,2-8H2,1H3,(H,15,16). The molecule has 0 aromatic carbocycles. The minimum atomic E-state index is -0.837. The number of carbonyl (C=O) groups excluding carboxylic acids is 2. The lowest BCUT2D eigenvalue weighted by Crippen LogP contribution is -2.43. The topological polar surface area (TPSA) is 73.9 Å². The van der Waals surface area contributed by atoms with Crippen LogP contribution >= 0.6 is 0 Å². The highest BCUT2D eigenvalue weighted by Crippen LogP contribution is 2.17. The highest BCUT2D eigenvalue weighted by atomic mass is 16.6. The molecule has 1 amide bonds. The second-order valence-electron chi connectivity index (χ2n) is 5.09. The molecule has 1 fully saturated rings. The van der Waals surface area contributed by atoms with Crippen molar-refractivity contribution in [3.8, 4) is 0 Å². The van der Waals surface area contributed by atoms with Gasteiger partial charge in [-0.15, -0.1) is 0 Å². The van der Waals surface area contributed by atoms with E-state index in [1.807, 2.05) is 0 Å². The van der Waals surface area contributed by atoms with Gasteiger partial charge in [0.05, 0.1) is 0 Å². The maximum absolute atomic E-state index is 11.9. The summed E-state index contributed by atoms with van der Waals surface area (Å²) in [6, 6.07) is 0.200. The third-order valence-corrected chi connectivity index (χ3v) is 3.45. The minimum Gasteiger partial charge on any atom is -0.493 e. The molecule has 1 heterocycles. The molecule has 2 aliphatic rings. The molecular weight excluding hydrogens is 262 g/mol. The van der Waals surface area contributed by atoms with Gasteiger partial charge in [0.2, 0.25) is 5.76 Å². The van der Waals surface area contributed by atoms with Crippen molar-refractivity contribution < 1.29 is 23.8 Å². The lowest BCUT2D eigenvalue weighted by atomic mass is 9.95. The van der Waals surface area contributed by atoms with Gasteiger partial charge >= 0.3 is 5.97 Å². The van der Waals surface area contributed by atoms with Crippen LogP contribution in [0.25, 0.3) is 0 Å². The van der Waals surface area contributed by atoms with Gasteiger partial charge in [-0.1, -0.05) is 19.3 Å². The molecule has 0 aromatic heterocycles. The Labute approximate surface area is 118 Å². The molecule has 1 aliphatic heterocycles. The van der Waals surface area contributed by atoms with Crippen LogP contribution in [0.2, 0.25) is 0 Å². The number of ether oxygens (including phenoxy) is 3. The summed E-state index contributed by atoms with van der Waals surface area (Å²) < 4.78 is 15.1. The van der Waals surface area contributed by atoms with Crippen LogP contribution in [-0.4, -0.2) is 37.2 Å². The molecule has 0 bridgehead atoms. The quantitative estimate of drug-likeness (QED) is 0.786. The van der Waals surface area contributed by atoms with Gasteiger partial charge in [0.25, 0.3) is 5.91 Å². The van der Waals surface area contributed by atoms with Crippen molar-refractivity contribution in [2.45, 2.75) is 51.2 Å². The molecule has 2 rings (SSSR count). The fraction of sp³-hybridized carbons (Fsp3) is 0.714. The molecule has 1 unspecified atom stereocenters. The fourth-order valence-electron chi connectivity index (χ4n) is 2.31. The zero-order valence-corrected chi connectivity index (χ0v) is 11.7. The Bertz CT molecular complexity index is 387. The summed E-state index contributed by atoms with van der Waals surface area (Å²) in [6.07, 6.45) is 5.87. The number of nitrogens with one attached hydrogen (secondary N) is 1. The van der Waals surface area contributed by atoms with Crippen molar-refractivity contribution >= 4 is 11.9 Å². The van der Waals surface area contributed by atoms with Gasteiger partial charge in [0, 0.05) is 6.04 Å². The Morgan fingerprint density at radius 3 is 2.70 bits per heavy atom. The summed E-state index contributed by atoms with van der Waals surface area (Å²) in [7, 11) is 0. The molecule has 0 radical (unpaired) electrons. The summed E-state index contributed by atoms with van der Waals surface area (Å²) in [5.41, 5.74) is 0. The Morgan fingerprint density at radius 1 is 1.30 bits per heavy atom. The Hall–Kier alpha value is -1.72. The van der Waals surface area contributed by atoms with Crippen LogP contribution in [0.1, 0.15) is 39.0 Å². The van der Waals surface area contributed by atoms with Crippen molar-refractivity contribution in [1.82, 2.24) is 5.32 Å². The Morgan fingerprint density at radius 2 is 2.05 bits per heavy atom. The van der Waals surface area contributed by atoms with Crippen LogP contribution in [0.15, 0.2) is 12.0 Å². The molecule has 1 N–H and O–H groups in total. The van der Waals surface area contributed by atoms with Crippen LogP contribution < -0.4 is 5.32 Å². The van der Waals surface area contributed by atoms with Crippen molar-refractivity contribution in [3.05, 3.63) is 12.0 Å². The number of carbonyl (C=O) groups is 2. The number of rotatable bonds is 4. The number of hydrogen-bond acceptors (Lipinski definition) is 5. The Kier molecular flexibility index (Phi) is 5.26. The molecule has 20 heavy (non-hydrogen) atoms. The molecule has 1 saturated carbocycles. The molecule has 0 spiro atoms. The van der Waals surface area contributed by atoms with Crippen LogP contribution in [0.4, 0.5) is 0 Å². The Balaban J connectivity index is 1.77. The number of esters is 1. The van der Waals surface area contributed by atoms with Crippen molar-refractivity contribution in [2.24, 2.45) is 0 Å². The molecule has 0 aromatic rings. The molecule has 6 nitrogen and oxygen atoms in total. The zero-order chi connectivity index (χ0) is 14.4. The molecule has 1 atom stereocenters. The van der Waals surface area contributed by atoms with Crippen LogP contribution in [-0.2, 0) is 23.8 Å². The number of amides is 1. The van der Waals surface area contributed by atoms with Gasteiger partial charge in [-0.25, -0.2) is 4.79 Å². The average molecular weight is 283 g/mol.